The number of hydrogen-bond donors (Lipinski definition) is 1. The molecule has 1 N–H and O–H groups in total. The first-order valence-corrected chi connectivity index (χ1v) is 8.44. The molecule has 1 aromatic heterocycles. The molecule has 0 saturated heterocycles. The van der Waals surface area contributed by atoms with Gasteiger partial charge in [0.25, 0.3) is 5.69 Å². The molecule has 0 spiro atoms. The van der Waals surface area contributed by atoms with Gasteiger partial charge in [-0.25, -0.2) is 13.4 Å². The van der Waals surface area contributed by atoms with Crippen molar-refractivity contribution in [3.63, 3.8) is 0 Å². The highest BCUT2D eigenvalue weighted by Crippen LogP contribution is 2.15. The molecule has 1 aromatic carbocycles. The van der Waals surface area contributed by atoms with E-state index in [0.717, 1.165) is 3.57 Å². The summed E-state index contributed by atoms with van der Waals surface area (Å²) in [5.41, 5.74) is 0.377. The van der Waals surface area contributed by atoms with Gasteiger partial charge in [-0.1, -0.05) is 12.1 Å². The van der Waals surface area contributed by atoms with Gasteiger partial charge in [-0.05, 0) is 40.3 Å². The average Bonchev–Trinajstić information content (AvgIpc) is 2.41. The Hall–Kier alpha value is -1.75. The maximum Gasteiger partial charge on any atom is 0.269 e. The number of aromatic nitrogens is 1. The Labute approximate surface area is 134 Å². The van der Waals surface area contributed by atoms with E-state index in [9.17, 15) is 18.5 Å². The number of pyridine rings is 1. The van der Waals surface area contributed by atoms with E-state index in [1.54, 1.807) is 18.3 Å². The van der Waals surface area contributed by atoms with E-state index < -0.39 is 14.9 Å². The van der Waals surface area contributed by atoms with Crippen molar-refractivity contribution in [2.75, 3.05) is 4.72 Å². The van der Waals surface area contributed by atoms with E-state index >= 15 is 0 Å². The lowest BCUT2D eigenvalue weighted by Crippen LogP contribution is -2.15. The molecule has 0 radical (unpaired) electrons. The highest BCUT2D eigenvalue weighted by molar-refractivity contribution is 14.1. The molecule has 9 heteroatoms. The topological polar surface area (TPSA) is 102 Å². The number of rotatable bonds is 5. The quantitative estimate of drug-likeness (QED) is 0.456. The number of nitrogens with one attached hydrogen (secondary N) is 1. The molecule has 2 aromatic rings. The second-order valence-corrected chi connectivity index (χ2v) is 7.11. The van der Waals surface area contributed by atoms with Crippen LogP contribution in [0.2, 0.25) is 0 Å². The van der Waals surface area contributed by atoms with Crippen LogP contribution in [0, 0.1) is 13.7 Å². The van der Waals surface area contributed by atoms with E-state index in [1.807, 2.05) is 0 Å². The molecule has 0 unspecified atom stereocenters. The Morgan fingerprint density at radius 2 is 1.86 bits per heavy atom. The van der Waals surface area contributed by atoms with E-state index in [-0.39, 0.29) is 17.3 Å². The Balaban J connectivity index is 2.10. The number of anilines is 1. The molecule has 0 bridgehead atoms. The summed E-state index contributed by atoms with van der Waals surface area (Å²) in [5.74, 6) is -0.0455. The van der Waals surface area contributed by atoms with Gasteiger partial charge in [0.15, 0.2) is 0 Å². The zero-order chi connectivity index (χ0) is 15.5. The Kier molecular flexibility index (Phi) is 4.73. The van der Waals surface area contributed by atoms with Crippen LogP contribution in [0.25, 0.3) is 0 Å². The Morgan fingerprint density at radius 1 is 1.19 bits per heavy atom. The molecule has 21 heavy (non-hydrogen) atoms. The van der Waals surface area contributed by atoms with Crippen molar-refractivity contribution in [2.24, 2.45) is 0 Å². The monoisotopic (exact) mass is 419 g/mol. The summed E-state index contributed by atoms with van der Waals surface area (Å²) in [6, 6.07) is 8.67. The minimum Gasteiger partial charge on any atom is -0.267 e. The predicted octanol–water partition coefficient (Wildman–Crippen LogP) is 2.54. The summed E-state index contributed by atoms with van der Waals surface area (Å²) in [5, 5.41) is 10.5. The SMILES string of the molecule is O=[N+]([O-])c1ccc(CS(=O)(=O)Nc2ccc(I)cn2)cc1. The molecule has 0 aliphatic carbocycles. The second kappa shape index (κ2) is 6.35. The zero-order valence-corrected chi connectivity index (χ0v) is 13.5. The van der Waals surface area contributed by atoms with Crippen LogP contribution in [-0.2, 0) is 15.8 Å². The third-order valence-corrected chi connectivity index (χ3v) is 4.36. The number of sulfonamides is 1. The fraction of sp³-hybridized carbons (Fsp3) is 0.0833. The van der Waals surface area contributed by atoms with Gasteiger partial charge in [0, 0.05) is 21.9 Å². The molecular weight excluding hydrogens is 409 g/mol. The average molecular weight is 419 g/mol. The number of halogens is 1. The zero-order valence-electron chi connectivity index (χ0n) is 10.6. The van der Waals surface area contributed by atoms with Gasteiger partial charge in [-0.2, -0.15) is 0 Å². The maximum atomic E-state index is 12.0. The first-order valence-electron chi connectivity index (χ1n) is 5.71. The lowest BCUT2D eigenvalue weighted by Gasteiger charge is -2.07. The molecule has 0 saturated carbocycles. The van der Waals surface area contributed by atoms with Crippen LogP contribution in [0.4, 0.5) is 11.5 Å². The van der Waals surface area contributed by atoms with Crippen LogP contribution < -0.4 is 4.72 Å². The third-order valence-electron chi connectivity index (χ3n) is 2.49. The molecule has 110 valence electrons. The van der Waals surface area contributed by atoms with Gasteiger partial charge in [-0.15, -0.1) is 0 Å². The number of nitro groups is 1. The smallest absolute Gasteiger partial charge is 0.267 e. The van der Waals surface area contributed by atoms with Crippen LogP contribution in [0.5, 0.6) is 0 Å². The number of benzene rings is 1. The summed E-state index contributed by atoms with van der Waals surface area (Å²) < 4.78 is 27.2. The minimum absolute atomic E-state index is 0.0802. The van der Waals surface area contributed by atoms with Crippen molar-refractivity contribution in [2.45, 2.75) is 5.75 Å². The molecule has 0 amide bonds. The van der Waals surface area contributed by atoms with Crippen LogP contribution in [0.1, 0.15) is 5.56 Å². The van der Waals surface area contributed by atoms with Gasteiger partial charge in [0.2, 0.25) is 10.0 Å². The van der Waals surface area contributed by atoms with E-state index in [2.05, 4.69) is 32.3 Å². The molecule has 2 rings (SSSR count). The van der Waals surface area contributed by atoms with Gasteiger partial charge in [0.1, 0.15) is 5.82 Å². The summed E-state index contributed by atoms with van der Waals surface area (Å²) >= 11 is 2.07. The number of hydrogen-bond acceptors (Lipinski definition) is 5. The Bertz CT molecular complexity index is 745. The fourth-order valence-corrected chi connectivity index (χ4v) is 3.03. The number of nitrogens with zero attached hydrogens (tertiary/aromatic N) is 2. The van der Waals surface area contributed by atoms with Crippen molar-refractivity contribution in [3.05, 3.63) is 61.8 Å². The fourth-order valence-electron chi connectivity index (χ4n) is 1.56. The molecule has 0 atom stereocenters. The molecule has 0 aliphatic rings. The second-order valence-electron chi connectivity index (χ2n) is 4.15. The summed E-state index contributed by atoms with van der Waals surface area (Å²) in [7, 11) is -3.62. The van der Waals surface area contributed by atoms with Gasteiger partial charge in [0.05, 0.1) is 10.7 Å². The van der Waals surface area contributed by atoms with Crippen molar-refractivity contribution in [1.29, 1.82) is 0 Å². The van der Waals surface area contributed by atoms with Gasteiger partial charge >= 0.3 is 0 Å². The molecule has 0 fully saturated rings. The highest BCUT2D eigenvalue weighted by Gasteiger charge is 2.13. The lowest BCUT2D eigenvalue weighted by molar-refractivity contribution is -0.384. The van der Waals surface area contributed by atoms with E-state index in [4.69, 9.17) is 0 Å². The van der Waals surface area contributed by atoms with Crippen molar-refractivity contribution >= 4 is 44.1 Å². The molecule has 0 aliphatic heterocycles. The van der Waals surface area contributed by atoms with Gasteiger partial charge in [-0.3, -0.25) is 14.8 Å². The van der Waals surface area contributed by atoms with E-state index in [1.165, 1.54) is 24.3 Å². The molecule has 7 nitrogen and oxygen atoms in total. The maximum absolute atomic E-state index is 12.0. The summed E-state index contributed by atoms with van der Waals surface area (Å²) in [6.45, 7) is 0. The third kappa shape index (κ3) is 4.63. The van der Waals surface area contributed by atoms with Crippen molar-refractivity contribution in [3.8, 4) is 0 Å². The first kappa shape index (κ1) is 15.6. The number of non-ortho nitro benzene ring substituents is 1. The molecule has 1 heterocycles. The van der Waals surface area contributed by atoms with Crippen molar-refractivity contribution < 1.29 is 13.3 Å². The largest absolute Gasteiger partial charge is 0.269 e. The van der Waals surface area contributed by atoms with Crippen LogP contribution in [0.3, 0.4) is 0 Å². The van der Waals surface area contributed by atoms with E-state index in [0.29, 0.717) is 5.56 Å². The summed E-state index contributed by atoms with van der Waals surface area (Å²) in [4.78, 5) is 14.0. The van der Waals surface area contributed by atoms with Crippen molar-refractivity contribution in [1.82, 2.24) is 4.98 Å². The standard InChI is InChI=1S/C12H10IN3O4S/c13-10-3-6-12(14-7-10)15-21(19,20)8-9-1-4-11(5-2-9)16(17)18/h1-7H,8H2,(H,14,15). The van der Waals surface area contributed by atoms with Crippen LogP contribution in [0.15, 0.2) is 42.6 Å². The Morgan fingerprint density at radius 3 is 2.38 bits per heavy atom. The minimum atomic E-state index is -3.62. The predicted molar refractivity (Wildman–Crippen MR) is 86.3 cm³/mol. The highest BCUT2D eigenvalue weighted by atomic mass is 127. The lowest BCUT2D eigenvalue weighted by atomic mass is 10.2. The molecular formula is C12H10IN3O4S. The van der Waals surface area contributed by atoms with Crippen LogP contribution in [-0.4, -0.2) is 18.3 Å². The normalized spacial score (nSPS) is 11.1. The summed E-state index contributed by atoms with van der Waals surface area (Å²) in [6.07, 6.45) is 1.55. The number of nitro benzene ring substituents is 1. The van der Waals surface area contributed by atoms with Crippen LogP contribution >= 0.6 is 22.6 Å². The first-order chi connectivity index (χ1) is 9.85. The van der Waals surface area contributed by atoms with Gasteiger partial charge < -0.3 is 0 Å².